The van der Waals surface area contributed by atoms with Crippen LogP contribution in [-0.2, 0) is 0 Å². The summed E-state index contributed by atoms with van der Waals surface area (Å²) in [5.74, 6) is -0.465. The van der Waals surface area contributed by atoms with Gasteiger partial charge in [-0.3, -0.25) is 4.79 Å². The molecule has 0 aliphatic heterocycles. The maximum absolute atomic E-state index is 11.8. The lowest BCUT2D eigenvalue weighted by molar-refractivity contribution is 0.0934. The molecule has 0 fully saturated rings. The Morgan fingerprint density at radius 1 is 1.56 bits per heavy atom. The standard InChI is InChI=1S/C12H18N2O4/c1-7(15)9(13)6-14-12(17)8-4-3-5-10(18-2)11(8)16/h3-5,7,9,15-16H,6,13H2,1-2H3,(H,14,17). The first-order valence-corrected chi connectivity index (χ1v) is 5.55. The average molecular weight is 254 g/mol. The number of nitrogens with one attached hydrogen (secondary N) is 1. The van der Waals surface area contributed by atoms with Crippen molar-refractivity contribution in [1.29, 1.82) is 0 Å². The number of aliphatic hydroxyl groups is 1. The van der Waals surface area contributed by atoms with E-state index in [4.69, 9.17) is 10.5 Å². The van der Waals surface area contributed by atoms with Crippen LogP contribution in [0.4, 0.5) is 0 Å². The molecule has 1 rings (SSSR count). The molecule has 1 aromatic rings. The molecule has 0 saturated heterocycles. The Balaban J connectivity index is 2.73. The van der Waals surface area contributed by atoms with Gasteiger partial charge in [-0.05, 0) is 19.1 Å². The number of para-hydroxylation sites is 1. The van der Waals surface area contributed by atoms with Gasteiger partial charge in [-0.25, -0.2) is 0 Å². The first-order chi connectivity index (χ1) is 8.47. The third-order valence-corrected chi connectivity index (χ3v) is 2.58. The summed E-state index contributed by atoms with van der Waals surface area (Å²) in [4.78, 5) is 11.8. The molecule has 2 atom stereocenters. The number of rotatable bonds is 5. The SMILES string of the molecule is COc1cccc(C(=O)NCC(N)C(C)O)c1O. The molecule has 1 amide bonds. The quantitative estimate of drug-likeness (QED) is 0.584. The van der Waals surface area contributed by atoms with Crippen molar-refractivity contribution in [2.45, 2.75) is 19.1 Å². The number of carbonyl (C=O) groups is 1. The summed E-state index contributed by atoms with van der Waals surface area (Å²) in [6, 6.07) is 4.07. The molecule has 0 heterocycles. The summed E-state index contributed by atoms with van der Waals surface area (Å²) in [6.07, 6.45) is -0.718. The Labute approximate surface area is 105 Å². The van der Waals surface area contributed by atoms with E-state index in [0.29, 0.717) is 0 Å². The molecular formula is C12H18N2O4. The van der Waals surface area contributed by atoms with Crippen LogP contribution in [0.1, 0.15) is 17.3 Å². The second-order valence-electron chi connectivity index (χ2n) is 3.97. The Morgan fingerprint density at radius 3 is 2.78 bits per heavy atom. The molecule has 0 aromatic heterocycles. The molecule has 0 spiro atoms. The van der Waals surface area contributed by atoms with Gasteiger partial charge in [0.25, 0.3) is 5.91 Å². The number of aliphatic hydroxyl groups excluding tert-OH is 1. The Morgan fingerprint density at radius 2 is 2.22 bits per heavy atom. The highest BCUT2D eigenvalue weighted by atomic mass is 16.5. The van der Waals surface area contributed by atoms with Gasteiger partial charge in [0.2, 0.25) is 0 Å². The van der Waals surface area contributed by atoms with Gasteiger partial charge in [0.1, 0.15) is 0 Å². The van der Waals surface area contributed by atoms with Crippen LogP contribution in [-0.4, -0.2) is 41.9 Å². The number of benzene rings is 1. The van der Waals surface area contributed by atoms with Crippen molar-refractivity contribution in [2.75, 3.05) is 13.7 Å². The van der Waals surface area contributed by atoms with Gasteiger partial charge in [0, 0.05) is 12.6 Å². The topological polar surface area (TPSA) is 105 Å². The fourth-order valence-corrected chi connectivity index (χ4v) is 1.35. The number of amides is 1. The van der Waals surface area contributed by atoms with E-state index < -0.39 is 18.1 Å². The number of ether oxygens (including phenoxy) is 1. The molecule has 0 saturated carbocycles. The summed E-state index contributed by atoms with van der Waals surface area (Å²) in [6.45, 7) is 1.66. The fourth-order valence-electron chi connectivity index (χ4n) is 1.35. The van der Waals surface area contributed by atoms with Crippen molar-refractivity contribution in [3.05, 3.63) is 23.8 Å². The number of nitrogens with two attached hydrogens (primary N) is 1. The maximum Gasteiger partial charge on any atom is 0.255 e. The largest absolute Gasteiger partial charge is 0.504 e. The van der Waals surface area contributed by atoms with Crippen molar-refractivity contribution in [3.8, 4) is 11.5 Å². The lowest BCUT2D eigenvalue weighted by Gasteiger charge is -2.15. The van der Waals surface area contributed by atoms with Crippen LogP contribution < -0.4 is 15.8 Å². The molecule has 100 valence electrons. The van der Waals surface area contributed by atoms with E-state index in [2.05, 4.69) is 5.32 Å². The van der Waals surface area contributed by atoms with E-state index in [1.54, 1.807) is 19.1 Å². The Bertz CT molecular complexity index is 421. The minimum atomic E-state index is -0.718. The van der Waals surface area contributed by atoms with Crippen LogP contribution in [0.25, 0.3) is 0 Å². The highest BCUT2D eigenvalue weighted by Gasteiger charge is 2.16. The molecule has 0 radical (unpaired) electrons. The van der Waals surface area contributed by atoms with Crippen LogP contribution in [0.15, 0.2) is 18.2 Å². The monoisotopic (exact) mass is 254 g/mol. The molecule has 5 N–H and O–H groups in total. The van der Waals surface area contributed by atoms with E-state index in [0.717, 1.165) is 0 Å². The van der Waals surface area contributed by atoms with Crippen LogP contribution in [0.2, 0.25) is 0 Å². The summed E-state index contributed by atoms with van der Waals surface area (Å²) in [5, 5.41) is 21.5. The second kappa shape index (κ2) is 6.23. The molecular weight excluding hydrogens is 236 g/mol. The number of phenolic OH excluding ortho intramolecular Hbond substituents is 1. The van der Waals surface area contributed by atoms with Crippen molar-refractivity contribution in [2.24, 2.45) is 5.73 Å². The molecule has 6 nitrogen and oxygen atoms in total. The van der Waals surface area contributed by atoms with Crippen LogP contribution in [0, 0.1) is 0 Å². The number of hydrogen-bond donors (Lipinski definition) is 4. The third kappa shape index (κ3) is 3.35. The van der Waals surface area contributed by atoms with E-state index >= 15 is 0 Å². The maximum atomic E-state index is 11.8. The number of hydrogen-bond acceptors (Lipinski definition) is 5. The van der Waals surface area contributed by atoms with Gasteiger partial charge < -0.3 is 26.0 Å². The highest BCUT2D eigenvalue weighted by Crippen LogP contribution is 2.29. The van der Waals surface area contributed by atoms with E-state index in [1.165, 1.54) is 13.2 Å². The molecule has 0 bridgehead atoms. The van der Waals surface area contributed by atoms with Crippen LogP contribution >= 0.6 is 0 Å². The molecule has 18 heavy (non-hydrogen) atoms. The minimum absolute atomic E-state index is 0.104. The summed E-state index contributed by atoms with van der Waals surface area (Å²) in [5.41, 5.74) is 5.69. The Hall–Kier alpha value is -1.79. The predicted molar refractivity (Wildman–Crippen MR) is 66.6 cm³/mol. The molecule has 1 aromatic carbocycles. The molecule has 0 aliphatic carbocycles. The minimum Gasteiger partial charge on any atom is -0.504 e. The van der Waals surface area contributed by atoms with Crippen molar-refractivity contribution in [1.82, 2.24) is 5.32 Å². The third-order valence-electron chi connectivity index (χ3n) is 2.58. The van der Waals surface area contributed by atoms with Gasteiger partial charge in [-0.2, -0.15) is 0 Å². The highest BCUT2D eigenvalue weighted by molar-refractivity contribution is 5.97. The summed E-state index contributed by atoms with van der Waals surface area (Å²) in [7, 11) is 1.40. The second-order valence-corrected chi connectivity index (χ2v) is 3.97. The molecule has 6 heteroatoms. The number of carbonyl (C=O) groups excluding carboxylic acids is 1. The fraction of sp³-hybridized carbons (Fsp3) is 0.417. The van der Waals surface area contributed by atoms with Crippen molar-refractivity contribution < 1.29 is 19.7 Å². The van der Waals surface area contributed by atoms with Crippen molar-refractivity contribution >= 4 is 5.91 Å². The number of methoxy groups -OCH3 is 1. The van der Waals surface area contributed by atoms with Crippen LogP contribution in [0.3, 0.4) is 0 Å². The zero-order chi connectivity index (χ0) is 13.7. The van der Waals surface area contributed by atoms with Gasteiger partial charge >= 0.3 is 0 Å². The predicted octanol–water partition coefficient (Wildman–Crippen LogP) is -0.161. The smallest absolute Gasteiger partial charge is 0.255 e. The first kappa shape index (κ1) is 14.3. The van der Waals surface area contributed by atoms with E-state index in [9.17, 15) is 15.0 Å². The lowest BCUT2D eigenvalue weighted by atomic mass is 10.1. The van der Waals surface area contributed by atoms with E-state index in [-0.39, 0.29) is 23.6 Å². The summed E-state index contributed by atoms with van der Waals surface area (Å²) >= 11 is 0. The first-order valence-electron chi connectivity index (χ1n) is 5.55. The lowest BCUT2D eigenvalue weighted by Crippen LogP contribution is -2.43. The Kier molecular flexibility index (Phi) is 4.94. The van der Waals surface area contributed by atoms with Gasteiger partial charge in [0.05, 0.1) is 18.8 Å². The molecule has 0 aliphatic rings. The van der Waals surface area contributed by atoms with Crippen LogP contribution in [0.5, 0.6) is 11.5 Å². The van der Waals surface area contributed by atoms with E-state index in [1.807, 2.05) is 0 Å². The van der Waals surface area contributed by atoms with Gasteiger partial charge in [-0.15, -0.1) is 0 Å². The van der Waals surface area contributed by atoms with Gasteiger partial charge in [0.15, 0.2) is 11.5 Å². The van der Waals surface area contributed by atoms with Gasteiger partial charge in [-0.1, -0.05) is 6.07 Å². The van der Waals surface area contributed by atoms with Crippen molar-refractivity contribution in [3.63, 3.8) is 0 Å². The summed E-state index contributed by atoms with van der Waals surface area (Å²) < 4.78 is 4.90. The normalized spacial score (nSPS) is 13.8. The number of phenols is 1. The molecule has 2 unspecified atom stereocenters. The zero-order valence-corrected chi connectivity index (χ0v) is 10.4. The average Bonchev–Trinajstić information content (AvgIpc) is 2.35. The number of aromatic hydroxyl groups is 1. The zero-order valence-electron chi connectivity index (χ0n) is 10.4.